The van der Waals surface area contributed by atoms with Crippen LogP contribution in [-0.2, 0) is 5.92 Å². The summed E-state index contributed by atoms with van der Waals surface area (Å²) < 4.78 is 93.5. The van der Waals surface area contributed by atoms with E-state index in [4.69, 9.17) is 0 Å². The van der Waals surface area contributed by atoms with E-state index in [1.165, 1.54) is 12.1 Å². The third kappa shape index (κ3) is 2.03. The Labute approximate surface area is 142 Å². The second-order valence-corrected chi connectivity index (χ2v) is 6.12. The quantitative estimate of drug-likeness (QED) is 0.267. The Hall–Kier alpha value is -2.57. The fourth-order valence-electron chi connectivity index (χ4n) is 3.36. The minimum absolute atomic E-state index is 0.246. The smallest absolute Gasteiger partial charge is 0.194 e. The third-order valence-corrected chi connectivity index (χ3v) is 4.62. The molecular weight excluding hydrogens is 361 g/mol. The molecule has 0 nitrogen and oxygen atoms in total. The molecule has 0 N–H and O–H groups in total. The fourth-order valence-corrected chi connectivity index (χ4v) is 3.36. The first-order valence-corrected chi connectivity index (χ1v) is 7.55. The van der Waals surface area contributed by atoms with Crippen molar-refractivity contribution in [1.82, 2.24) is 0 Å². The molecule has 0 spiro atoms. The van der Waals surface area contributed by atoms with Gasteiger partial charge in [-0.25, -0.2) is 0 Å². The molecule has 0 bridgehead atoms. The highest BCUT2D eigenvalue weighted by molar-refractivity contribution is 6.23. The molecule has 0 aromatic heterocycles. The Morgan fingerprint density at radius 2 is 1.04 bits per heavy atom. The van der Waals surface area contributed by atoms with E-state index in [1.807, 2.05) is 0 Å². The molecular formula is C19H9F7. The molecule has 7 heteroatoms. The predicted molar refractivity (Wildman–Crippen MR) is 85.0 cm³/mol. The maximum absolute atomic E-state index is 14.3. The average Bonchev–Trinajstić information content (AvgIpc) is 2.58. The molecule has 0 heterocycles. The zero-order valence-electron chi connectivity index (χ0n) is 12.8. The summed E-state index contributed by atoms with van der Waals surface area (Å²) in [6.07, 6.45) is -6.37. The SMILES string of the molecule is FC(F)(F)C(F)(F)C(F)(F)c1ccc2ccc3cccc4ccc1c2c34. The lowest BCUT2D eigenvalue weighted by Gasteiger charge is -2.29. The Bertz CT molecular complexity index is 1110. The highest BCUT2D eigenvalue weighted by Crippen LogP contribution is 2.53. The van der Waals surface area contributed by atoms with Gasteiger partial charge < -0.3 is 0 Å². The summed E-state index contributed by atoms with van der Waals surface area (Å²) in [4.78, 5) is 0. The van der Waals surface area contributed by atoms with Crippen LogP contribution in [-0.4, -0.2) is 12.1 Å². The van der Waals surface area contributed by atoms with Gasteiger partial charge in [0.15, 0.2) is 0 Å². The molecule has 0 saturated heterocycles. The van der Waals surface area contributed by atoms with Crippen molar-refractivity contribution in [3.63, 3.8) is 0 Å². The second kappa shape index (κ2) is 4.99. The molecule has 4 aromatic rings. The van der Waals surface area contributed by atoms with Crippen molar-refractivity contribution < 1.29 is 30.7 Å². The monoisotopic (exact) mass is 370 g/mol. The van der Waals surface area contributed by atoms with Gasteiger partial charge in [0.05, 0.1) is 0 Å². The molecule has 0 saturated carbocycles. The van der Waals surface area contributed by atoms with Gasteiger partial charge in [-0.05, 0) is 32.3 Å². The van der Waals surface area contributed by atoms with Gasteiger partial charge in [-0.2, -0.15) is 30.7 Å². The number of rotatable bonds is 2. The lowest BCUT2D eigenvalue weighted by Crippen LogP contribution is -2.50. The predicted octanol–water partition coefficient (Wildman–Crippen LogP) is 6.87. The van der Waals surface area contributed by atoms with Crippen LogP contribution in [0.5, 0.6) is 0 Å². The fraction of sp³-hybridized carbons (Fsp3) is 0.158. The maximum atomic E-state index is 14.3. The Morgan fingerprint density at radius 1 is 0.538 bits per heavy atom. The van der Waals surface area contributed by atoms with Crippen molar-refractivity contribution in [3.8, 4) is 0 Å². The molecule has 0 amide bonds. The van der Waals surface area contributed by atoms with E-state index in [1.54, 1.807) is 30.3 Å². The topological polar surface area (TPSA) is 0 Å². The molecule has 134 valence electrons. The van der Waals surface area contributed by atoms with Crippen LogP contribution in [0.15, 0.2) is 54.6 Å². The van der Waals surface area contributed by atoms with E-state index in [0.29, 0.717) is 27.6 Å². The van der Waals surface area contributed by atoms with Gasteiger partial charge in [0.25, 0.3) is 0 Å². The van der Waals surface area contributed by atoms with E-state index in [0.717, 1.165) is 6.07 Å². The largest absolute Gasteiger partial charge is 0.460 e. The number of hydrogen-bond donors (Lipinski definition) is 0. The van der Waals surface area contributed by atoms with Crippen LogP contribution >= 0.6 is 0 Å². The lowest BCUT2D eigenvalue weighted by molar-refractivity contribution is -0.359. The molecule has 26 heavy (non-hydrogen) atoms. The van der Waals surface area contributed by atoms with Crippen molar-refractivity contribution in [2.75, 3.05) is 0 Å². The van der Waals surface area contributed by atoms with Gasteiger partial charge >= 0.3 is 18.0 Å². The van der Waals surface area contributed by atoms with Gasteiger partial charge in [-0.1, -0.05) is 54.6 Å². The molecule has 0 unspecified atom stereocenters. The van der Waals surface area contributed by atoms with Crippen molar-refractivity contribution in [2.24, 2.45) is 0 Å². The number of alkyl halides is 7. The molecule has 4 rings (SSSR count). The molecule has 0 radical (unpaired) electrons. The van der Waals surface area contributed by atoms with E-state index < -0.39 is 23.6 Å². The summed E-state index contributed by atoms with van der Waals surface area (Å²) in [6, 6.07) is 12.9. The summed E-state index contributed by atoms with van der Waals surface area (Å²) in [7, 11) is 0. The van der Waals surface area contributed by atoms with Crippen LogP contribution in [0, 0.1) is 0 Å². The zero-order valence-corrected chi connectivity index (χ0v) is 12.8. The second-order valence-electron chi connectivity index (χ2n) is 6.12. The number of halogens is 7. The van der Waals surface area contributed by atoms with Crippen LogP contribution in [0.1, 0.15) is 5.56 Å². The number of benzene rings is 4. The van der Waals surface area contributed by atoms with E-state index in [2.05, 4.69) is 0 Å². The van der Waals surface area contributed by atoms with Crippen LogP contribution in [0.25, 0.3) is 32.3 Å². The molecule has 4 aromatic carbocycles. The summed E-state index contributed by atoms with van der Waals surface area (Å²) in [6.45, 7) is 0. The summed E-state index contributed by atoms with van der Waals surface area (Å²) in [5.74, 6) is -11.6. The zero-order chi connectivity index (χ0) is 18.9. The van der Waals surface area contributed by atoms with Crippen molar-refractivity contribution in [2.45, 2.75) is 18.0 Å². The van der Waals surface area contributed by atoms with Gasteiger partial charge in [0, 0.05) is 5.56 Å². The molecule has 0 atom stereocenters. The van der Waals surface area contributed by atoms with E-state index >= 15 is 0 Å². The van der Waals surface area contributed by atoms with Crippen LogP contribution in [0.4, 0.5) is 30.7 Å². The highest BCUT2D eigenvalue weighted by atomic mass is 19.4. The van der Waals surface area contributed by atoms with Crippen molar-refractivity contribution in [1.29, 1.82) is 0 Å². The average molecular weight is 370 g/mol. The van der Waals surface area contributed by atoms with Crippen LogP contribution in [0.3, 0.4) is 0 Å². The first-order chi connectivity index (χ1) is 12.1. The van der Waals surface area contributed by atoms with Gasteiger partial charge in [0.2, 0.25) is 0 Å². The van der Waals surface area contributed by atoms with E-state index in [-0.39, 0.29) is 10.8 Å². The van der Waals surface area contributed by atoms with E-state index in [9.17, 15) is 30.7 Å². The minimum atomic E-state index is -6.37. The molecule has 0 aliphatic carbocycles. The number of hydrogen-bond acceptors (Lipinski definition) is 0. The van der Waals surface area contributed by atoms with Crippen molar-refractivity contribution in [3.05, 3.63) is 60.2 Å². The minimum Gasteiger partial charge on any atom is -0.194 e. The normalized spacial score (nSPS) is 14.0. The maximum Gasteiger partial charge on any atom is 0.460 e. The summed E-state index contributed by atoms with van der Waals surface area (Å²) in [5.41, 5.74) is -1.34. The molecule has 0 aliphatic heterocycles. The Balaban J connectivity index is 2.12. The Morgan fingerprint density at radius 3 is 1.62 bits per heavy atom. The first-order valence-electron chi connectivity index (χ1n) is 7.55. The molecule has 0 aliphatic rings. The van der Waals surface area contributed by atoms with Gasteiger partial charge in [0.1, 0.15) is 0 Å². The highest BCUT2D eigenvalue weighted by Gasteiger charge is 2.73. The third-order valence-electron chi connectivity index (χ3n) is 4.62. The first kappa shape index (κ1) is 16.9. The van der Waals surface area contributed by atoms with Gasteiger partial charge in [-0.15, -0.1) is 0 Å². The Kier molecular flexibility index (Phi) is 3.24. The summed E-state index contributed by atoms with van der Waals surface area (Å²) in [5, 5.41) is 2.33. The van der Waals surface area contributed by atoms with Crippen LogP contribution in [0.2, 0.25) is 0 Å². The van der Waals surface area contributed by atoms with Crippen molar-refractivity contribution >= 4 is 32.3 Å². The molecule has 0 fully saturated rings. The van der Waals surface area contributed by atoms with Crippen LogP contribution < -0.4 is 0 Å². The van der Waals surface area contributed by atoms with Gasteiger partial charge in [-0.3, -0.25) is 0 Å². The summed E-state index contributed by atoms with van der Waals surface area (Å²) >= 11 is 0. The standard InChI is InChI=1S/C19H9F7/c20-17(21,18(22,23)19(24,25)26)14-9-7-12-5-4-10-2-1-3-11-6-8-13(14)16(12)15(10)11/h1-9H. The lowest BCUT2D eigenvalue weighted by atomic mass is 9.89.